The monoisotopic (exact) mass is 475 g/mol. The summed E-state index contributed by atoms with van der Waals surface area (Å²) in [5.41, 5.74) is 4.28. The number of halogens is 1. The van der Waals surface area contributed by atoms with Crippen LogP contribution in [0.15, 0.2) is 60.8 Å². The molecule has 0 radical (unpaired) electrons. The maximum absolute atomic E-state index is 14.0. The third kappa shape index (κ3) is 3.25. The standard InChI is InChI=1S/C27H22NO5.ClH/c1-30-21-9-8-18-20(27(21)31-2)14-28-11-10-17-12-22-23(33-15-32-22)13-19(17)25(28)24(18)26(29)16-6-4-3-5-7-16;/h3-9,12-14H,10-11,15H2,1-2H3;1H/q+1;/p-1. The summed E-state index contributed by atoms with van der Waals surface area (Å²) in [6.07, 6.45) is 2.88. The molecule has 6 nitrogen and oxygen atoms in total. The van der Waals surface area contributed by atoms with Crippen molar-refractivity contribution in [3.8, 4) is 34.3 Å². The zero-order valence-corrected chi connectivity index (χ0v) is 19.5. The number of hydrogen-bond donors (Lipinski definition) is 0. The van der Waals surface area contributed by atoms with Crippen LogP contribution in [0.5, 0.6) is 23.0 Å². The third-order valence-electron chi connectivity index (χ3n) is 6.40. The highest BCUT2D eigenvalue weighted by atomic mass is 35.5. The molecule has 0 bridgehead atoms. The highest BCUT2D eigenvalue weighted by Crippen LogP contribution is 2.44. The Balaban J connectivity index is 0.00000241. The van der Waals surface area contributed by atoms with Crippen LogP contribution < -0.4 is 35.9 Å². The van der Waals surface area contributed by atoms with E-state index in [1.807, 2.05) is 54.6 Å². The molecule has 3 aromatic carbocycles. The smallest absolute Gasteiger partial charge is 0.231 e. The van der Waals surface area contributed by atoms with Crippen LogP contribution in [0.3, 0.4) is 0 Å². The predicted molar refractivity (Wildman–Crippen MR) is 122 cm³/mol. The number of nitrogens with zero attached hydrogens (tertiary/aromatic N) is 1. The lowest BCUT2D eigenvalue weighted by Crippen LogP contribution is -3.00. The quantitative estimate of drug-likeness (QED) is 0.329. The van der Waals surface area contributed by atoms with Gasteiger partial charge in [-0.05, 0) is 29.8 Å². The number of hydrogen-bond acceptors (Lipinski definition) is 5. The number of carbonyl (C=O) groups is 1. The average Bonchev–Trinajstić information content (AvgIpc) is 3.32. The summed E-state index contributed by atoms with van der Waals surface area (Å²) < 4.78 is 24.7. The van der Waals surface area contributed by atoms with Gasteiger partial charge in [-0.2, -0.15) is 4.57 Å². The van der Waals surface area contributed by atoms with Crippen molar-refractivity contribution in [3.05, 3.63) is 77.5 Å². The third-order valence-corrected chi connectivity index (χ3v) is 6.40. The molecule has 4 aromatic rings. The van der Waals surface area contributed by atoms with Gasteiger partial charge in [0.15, 0.2) is 41.5 Å². The number of aromatic nitrogens is 1. The Labute approximate surface area is 203 Å². The molecule has 34 heavy (non-hydrogen) atoms. The van der Waals surface area contributed by atoms with Gasteiger partial charge in [-0.3, -0.25) is 4.79 Å². The van der Waals surface area contributed by atoms with Crippen LogP contribution in [0.4, 0.5) is 0 Å². The van der Waals surface area contributed by atoms with Gasteiger partial charge in [0.1, 0.15) is 5.56 Å². The molecule has 0 fully saturated rings. The Morgan fingerprint density at radius 2 is 1.71 bits per heavy atom. The fourth-order valence-corrected chi connectivity index (χ4v) is 4.87. The minimum absolute atomic E-state index is 0. The van der Waals surface area contributed by atoms with Crippen molar-refractivity contribution in [2.24, 2.45) is 0 Å². The van der Waals surface area contributed by atoms with Crippen molar-refractivity contribution in [1.82, 2.24) is 0 Å². The number of carbonyl (C=O) groups excluding carboxylic acids is 1. The van der Waals surface area contributed by atoms with Gasteiger partial charge in [0.2, 0.25) is 12.5 Å². The van der Waals surface area contributed by atoms with Gasteiger partial charge in [0.05, 0.1) is 25.2 Å². The number of rotatable bonds is 4. The number of benzene rings is 3. The van der Waals surface area contributed by atoms with Gasteiger partial charge in [-0.15, -0.1) is 0 Å². The van der Waals surface area contributed by atoms with Crippen molar-refractivity contribution in [3.63, 3.8) is 0 Å². The van der Waals surface area contributed by atoms with Crippen LogP contribution in [0.1, 0.15) is 21.5 Å². The second-order valence-electron chi connectivity index (χ2n) is 8.12. The lowest BCUT2D eigenvalue weighted by atomic mass is 9.88. The molecule has 2 aliphatic heterocycles. The van der Waals surface area contributed by atoms with Gasteiger partial charge in [0.25, 0.3) is 0 Å². The number of pyridine rings is 1. The molecular weight excluding hydrogens is 454 g/mol. The number of methoxy groups -OCH3 is 2. The van der Waals surface area contributed by atoms with Crippen molar-refractivity contribution in [2.75, 3.05) is 21.0 Å². The van der Waals surface area contributed by atoms with E-state index in [-0.39, 0.29) is 25.0 Å². The van der Waals surface area contributed by atoms with Crippen LogP contribution in [-0.2, 0) is 13.0 Å². The summed E-state index contributed by atoms with van der Waals surface area (Å²) >= 11 is 0. The molecule has 7 heteroatoms. The Hall–Kier alpha value is -3.77. The van der Waals surface area contributed by atoms with Crippen LogP contribution in [0.25, 0.3) is 22.0 Å². The van der Waals surface area contributed by atoms with Crippen LogP contribution in [-0.4, -0.2) is 26.8 Å². The zero-order valence-electron chi connectivity index (χ0n) is 18.8. The molecule has 0 atom stereocenters. The molecule has 0 spiro atoms. The largest absolute Gasteiger partial charge is 1.00 e. The van der Waals surface area contributed by atoms with E-state index in [1.54, 1.807) is 14.2 Å². The van der Waals surface area contributed by atoms with Gasteiger partial charge in [-0.1, -0.05) is 30.3 Å². The normalized spacial score (nSPS) is 13.0. The predicted octanol–water partition coefficient (Wildman–Crippen LogP) is 1.33. The molecule has 0 saturated carbocycles. The Kier molecular flexibility index (Phi) is 5.54. The minimum atomic E-state index is -0.0392. The lowest BCUT2D eigenvalue weighted by molar-refractivity contribution is -0.686. The maximum Gasteiger partial charge on any atom is 0.231 e. The molecule has 2 aliphatic rings. The lowest BCUT2D eigenvalue weighted by Gasteiger charge is -2.20. The van der Waals surface area contributed by atoms with Crippen molar-refractivity contribution < 1.29 is 40.7 Å². The summed E-state index contributed by atoms with van der Waals surface area (Å²) in [5, 5.41) is 1.65. The Morgan fingerprint density at radius 3 is 2.44 bits per heavy atom. The highest BCUT2D eigenvalue weighted by molar-refractivity contribution is 6.20. The molecule has 6 rings (SSSR count). The Bertz CT molecular complexity index is 1430. The Morgan fingerprint density at radius 1 is 0.941 bits per heavy atom. The summed E-state index contributed by atoms with van der Waals surface area (Å²) in [5.74, 6) is 2.66. The van der Waals surface area contributed by atoms with Crippen molar-refractivity contribution in [2.45, 2.75) is 13.0 Å². The average molecular weight is 476 g/mol. The van der Waals surface area contributed by atoms with E-state index in [2.05, 4.69) is 10.8 Å². The molecule has 172 valence electrons. The first kappa shape index (κ1) is 22.0. The van der Waals surface area contributed by atoms with E-state index in [0.717, 1.165) is 46.3 Å². The number of ether oxygens (including phenoxy) is 4. The zero-order chi connectivity index (χ0) is 22.5. The summed E-state index contributed by atoms with van der Waals surface area (Å²) in [6, 6.07) is 17.2. The van der Waals surface area contributed by atoms with Gasteiger partial charge >= 0.3 is 0 Å². The first-order valence-electron chi connectivity index (χ1n) is 10.8. The fourth-order valence-electron chi connectivity index (χ4n) is 4.87. The van der Waals surface area contributed by atoms with E-state index in [9.17, 15) is 4.79 Å². The molecule has 0 aliphatic carbocycles. The van der Waals surface area contributed by atoms with Gasteiger partial charge in [0, 0.05) is 17.4 Å². The van der Waals surface area contributed by atoms with Crippen LogP contribution >= 0.6 is 0 Å². The molecule has 0 N–H and O–H groups in total. The van der Waals surface area contributed by atoms with E-state index >= 15 is 0 Å². The molecule has 0 unspecified atom stereocenters. The number of ketones is 1. The van der Waals surface area contributed by atoms with E-state index in [4.69, 9.17) is 18.9 Å². The second-order valence-corrected chi connectivity index (χ2v) is 8.12. The fraction of sp³-hybridized carbons (Fsp3) is 0.185. The number of fused-ring (bicyclic) bond motifs is 5. The molecule has 0 saturated heterocycles. The van der Waals surface area contributed by atoms with Gasteiger partial charge in [-0.25, -0.2) is 0 Å². The van der Waals surface area contributed by atoms with E-state index in [1.165, 1.54) is 0 Å². The van der Waals surface area contributed by atoms with Crippen molar-refractivity contribution in [1.29, 1.82) is 0 Å². The first-order chi connectivity index (χ1) is 16.2. The van der Waals surface area contributed by atoms with Crippen LogP contribution in [0, 0.1) is 0 Å². The first-order valence-corrected chi connectivity index (χ1v) is 10.8. The topological polar surface area (TPSA) is 57.9 Å². The molecule has 0 amide bonds. The summed E-state index contributed by atoms with van der Waals surface area (Å²) in [4.78, 5) is 14.0. The minimum Gasteiger partial charge on any atom is -1.00 e. The maximum atomic E-state index is 14.0. The summed E-state index contributed by atoms with van der Waals surface area (Å²) in [6.45, 7) is 0.941. The van der Waals surface area contributed by atoms with E-state index in [0.29, 0.717) is 28.4 Å². The van der Waals surface area contributed by atoms with E-state index < -0.39 is 0 Å². The molecule has 3 heterocycles. The second kappa shape index (κ2) is 8.54. The SMILES string of the molecule is COc1ccc2c(C(=O)c3ccccc3)c3[n+](cc2c1OC)CCc1cc2c(cc1-3)OCO2.[Cl-]. The molecule has 1 aromatic heterocycles. The van der Waals surface area contributed by atoms with Crippen molar-refractivity contribution >= 4 is 16.6 Å². The molecular formula is C27H22ClNO5. The van der Waals surface area contributed by atoms with Gasteiger partial charge < -0.3 is 31.4 Å². The number of aryl methyl sites for hydroxylation is 2. The van der Waals surface area contributed by atoms with Crippen LogP contribution in [0.2, 0.25) is 0 Å². The summed E-state index contributed by atoms with van der Waals surface area (Å²) in [7, 11) is 3.24. The highest BCUT2D eigenvalue weighted by Gasteiger charge is 2.35.